The zero-order valence-corrected chi connectivity index (χ0v) is 9.11. The molecule has 1 aromatic rings. The maximum atomic E-state index is 5.55. The van der Waals surface area contributed by atoms with Crippen LogP contribution in [0.1, 0.15) is 19.0 Å². The van der Waals surface area contributed by atoms with Gasteiger partial charge in [0.2, 0.25) is 0 Å². The molecule has 1 rings (SSSR count). The molecule has 0 atom stereocenters. The zero-order valence-electron chi connectivity index (χ0n) is 9.11. The molecule has 80 valence electrons. The molecule has 0 aliphatic carbocycles. The maximum Gasteiger partial charge on any atom is 0.129 e. The molecule has 0 aliphatic heterocycles. The normalized spacial score (nSPS) is 9.67. The molecule has 0 aromatic carbocycles. The number of aromatic nitrogens is 1. The molecule has 3 heteroatoms. The van der Waals surface area contributed by atoms with Gasteiger partial charge >= 0.3 is 0 Å². The number of hydrogen-bond acceptors (Lipinski definition) is 3. The van der Waals surface area contributed by atoms with Gasteiger partial charge in [0.15, 0.2) is 0 Å². The van der Waals surface area contributed by atoms with Crippen LogP contribution in [0.4, 0.5) is 5.82 Å². The minimum absolute atomic E-state index is 0.462. The molecule has 0 saturated carbocycles. The fourth-order valence-corrected chi connectivity index (χ4v) is 1.41. The van der Waals surface area contributed by atoms with Crippen LogP contribution in [0.3, 0.4) is 0 Å². The average Bonchev–Trinajstić information content (AvgIpc) is 2.29. The SMILES string of the molecule is C#CCN(CCC)c1cccc(CN)n1. The quantitative estimate of drug-likeness (QED) is 0.735. The van der Waals surface area contributed by atoms with E-state index in [9.17, 15) is 0 Å². The van der Waals surface area contributed by atoms with Crippen molar-refractivity contribution in [3.05, 3.63) is 23.9 Å². The topological polar surface area (TPSA) is 42.1 Å². The summed E-state index contributed by atoms with van der Waals surface area (Å²) in [5, 5.41) is 0. The molecule has 0 saturated heterocycles. The molecule has 3 nitrogen and oxygen atoms in total. The highest BCUT2D eigenvalue weighted by atomic mass is 15.2. The average molecular weight is 203 g/mol. The van der Waals surface area contributed by atoms with Crippen LogP contribution in [-0.2, 0) is 6.54 Å². The zero-order chi connectivity index (χ0) is 11.1. The van der Waals surface area contributed by atoms with Crippen LogP contribution in [0.5, 0.6) is 0 Å². The Hall–Kier alpha value is -1.53. The van der Waals surface area contributed by atoms with Crippen molar-refractivity contribution in [3.8, 4) is 12.3 Å². The number of nitrogens with two attached hydrogens (primary N) is 1. The van der Waals surface area contributed by atoms with Gasteiger partial charge in [-0.05, 0) is 18.6 Å². The van der Waals surface area contributed by atoms with Crippen molar-refractivity contribution >= 4 is 5.82 Å². The Kier molecular flexibility index (Phi) is 4.65. The van der Waals surface area contributed by atoms with Crippen molar-refractivity contribution < 1.29 is 0 Å². The molecule has 0 bridgehead atoms. The van der Waals surface area contributed by atoms with Crippen molar-refractivity contribution in [1.82, 2.24) is 4.98 Å². The summed E-state index contributed by atoms with van der Waals surface area (Å²) in [5.41, 5.74) is 6.44. The molecule has 0 radical (unpaired) electrons. The number of pyridine rings is 1. The summed E-state index contributed by atoms with van der Waals surface area (Å²) in [6.45, 7) is 4.10. The first-order valence-electron chi connectivity index (χ1n) is 5.16. The van der Waals surface area contributed by atoms with E-state index in [1.54, 1.807) is 0 Å². The first-order chi connectivity index (χ1) is 7.31. The second-order valence-electron chi connectivity index (χ2n) is 3.32. The van der Waals surface area contributed by atoms with Crippen molar-refractivity contribution in [2.24, 2.45) is 5.73 Å². The first-order valence-corrected chi connectivity index (χ1v) is 5.16. The van der Waals surface area contributed by atoms with Gasteiger partial charge in [-0.1, -0.05) is 18.9 Å². The Labute approximate surface area is 91.3 Å². The molecular weight excluding hydrogens is 186 g/mol. The van der Waals surface area contributed by atoms with E-state index in [2.05, 4.69) is 22.7 Å². The van der Waals surface area contributed by atoms with Crippen LogP contribution < -0.4 is 10.6 Å². The summed E-state index contributed by atoms with van der Waals surface area (Å²) in [6.07, 6.45) is 6.38. The van der Waals surface area contributed by atoms with Gasteiger partial charge in [-0.2, -0.15) is 0 Å². The van der Waals surface area contributed by atoms with Crippen LogP contribution in [0.15, 0.2) is 18.2 Å². The van der Waals surface area contributed by atoms with E-state index >= 15 is 0 Å². The highest BCUT2D eigenvalue weighted by Crippen LogP contribution is 2.11. The van der Waals surface area contributed by atoms with Gasteiger partial charge in [0.25, 0.3) is 0 Å². The predicted molar refractivity (Wildman–Crippen MR) is 63.5 cm³/mol. The number of rotatable bonds is 5. The van der Waals surface area contributed by atoms with E-state index in [0.717, 1.165) is 24.5 Å². The van der Waals surface area contributed by atoms with Gasteiger partial charge in [0.05, 0.1) is 12.2 Å². The number of hydrogen-bond donors (Lipinski definition) is 1. The van der Waals surface area contributed by atoms with Gasteiger partial charge < -0.3 is 10.6 Å². The Morgan fingerprint density at radius 1 is 1.53 bits per heavy atom. The second-order valence-corrected chi connectivity index (χ2v) is 3.32. The van der Waals surface area contributed by atoms with E-state index in [4.69, 9.17) is 12.2 Å². The van der Waals surface area contributed by atoms with Crippen LogP contribution in [0, 0.1) is 12.3 Å². The summed E-state index contributed by atoms with van der Waals surface area (Å²) < 4.78 is 0. The summed E-state index contributed by atoms with van der Waals surface area (Å²) >= 11 is 0. The molecule has 0 aliphatic rings. The lowest BCUT2D eigenvalue weighted by molar-refractivity contribution is 0.802. The Morgan fingerprint density at radius 2 is 2.33 bits per heavy atom. The minimum Gasteiger partial charge on any atom is -0.345 e. The fourth-order valence-electron chi connectivity index (χ4n) is 1.41. The van der Waals surface area contributed by atoms with Crippen molar-refractivity contribution in [2.75, 3.05) is 18.0 Å². The maximum absolute atomic E-state index is 5.55. The van der Waals surface area contributed by atoms with Crippen LogP contribution in [0.25, 0.3) is 0 Å². The molecular formula is C12H17N3. The van der Waals surface area contributed by atoms with Crippen LogP contribution >= 0.6 is 0 Å². The number of anilines is 1. The summed E-state index contributed by atoms with van der Waals surface area (Å²) in [5.74, 6) is 3.56. The Balaban J connectivity index is 2.85. The standard InChI is InChI=1S/C12H17N3/c1-3-8-15(9-4-2)12-7-5-6-11(10-13)14-12/h1,5-7H,4,8-10,13H2,2H3. The predicted octanol–water partition coefficient (Wildman–Crippen LogP) is 1.39. The molecule has 0 amide bonds. The third kappa shape index (κ3) is 3.26. The molecule has 0 spiro atoms. The minimum atomic E-state index is 0.462. The highest BCUT2D eigenvalue weighted by Gasteiger charge is 2.05. The second kappa shape index (κ2) is 6.05. The van der Waals surface area contributed by atoms with Crippen LogP contribution in [0.2, 0.25) is 0 Å². The van der Waals surface area contributed by atoms with E-state index in [1.165, 1.54) is 0 Å². The van der Waals surface area contributed by atoms with Crippen molar-refractivity contribution in [3.63, 3.8) is 0 Å². The van der Waals surface area contributed by atoms with E-state index in [1.807, 2.05) is 18.2 Å². The third-order valence-electron chi connectivity index (χ3n) is 2.10. The Bertz CT molecular complexity index is 341. The summed E-state index contributed by atoms with van der Waals surface area (Å²) in [7, 11) is 0. The smallest absolute Gasteiger partial charge is 0.129 e. The van der Waals surface area contributed by atoms with Gasteiger partial charge in [0, 0.05) is 13.1 Å². The van der Waals surface area contributed by atoms with E-state index in [0.29, 0.717) is 13.1 Å². The third-order valence-corrected chi connectivity index (χ3v) is 2.10. The van der Waals surface area contributed by atoms with Gasteiger partial charge in [-0.3, -0.25) is 0 Å². The van der Waals surface area contributed by atoms with E-state index < -0.39 is 0 Å². The molecule has 2 N–H and O–H groups in total. The first kappa shape index (κ1) is 11.5. The summed E-state index contributed by atoms with van der Waals surface area (Å²) in [4.78, 5) is 6.52. The molecule has 15 heavy (non-hydrogen) atoms. The molecule has 1 aromatic heterocycles. The molecule has 0 unspecified atom stereocenters. The number of terminal acetylenes is 1. The lowest BCUT2D eigenvalue weighted by Crippen LogP contribution is -2.25. The lowest BCUT2D eigenvalue weighted by Gasteiger charge is -2.20. The van der Waals surface area contributed by atoms with Gasteiger partial charge in [-0.15, -0.1) is 6.42 Å². The van der Waals surface area contributed by atoms with Crippen molar-refractivity contribution in [2.45, 2.75) is 19.9 Å². The highest BCUT2D eigenvalue weighted by molar-refractivity contribution is 5.40. The van der Waals surface area contributed by atoms with Crippen molar-refractivity contribution in [1.29, 1.82) is 0 Å². The fraction of sp³-hybridized carbons (Fsp3) is 0.417. The van der Waals surface area contributed by atoms with Crippen LogP contribution in [-0.4, -0.2) is 18.1 Å². The Morgan fingerprint density at radius 3 is 2.93 bits per heavy atom. The van der Waals surface area contributed by atoms with Gasteiger partial charge in [-0.25, -0.2) is 4.98 Å². The van der Waals surface area contributed by atoms with Gasteiger partial charge in [0.1, 0.15) is 5.82 Å². The summed E-state index contributed by atoms with van der Waals surface area (Å²) in [6, 6.07) is 5.85. The number of nitrogens with zero attached hydrogens (tertiary/aromatic N) is 2. The monoisotopic (exact) mass is 203 g/mol. The largest absolute Gasteiger partial charge is 0.345 e. The van der Waals surface area contributed by atoms with E-state index in [-0.39, 0.29) is 0 Å². The molecule has 0 fully saturated rings. The lowest BCUT2D eigenvalue weighted by atomic mass is 10.3. The molecule has 1 heterocycles.